The third-order valence-corrected chi connectivity index (χ3v) is 6.12. The van der Waals surface area contributed by atoms with Crippen molar-refractivity contribution in [2.45, 2.75) is 40.5 Å². The Morgan fingerprint density at radius 1 is 1.29 bits per heavy atom. The molecule has 1 amide bonds. The molecule has 0 saturated carbocycles. The van der Waals surface area contributed by atoms with Crippen LogP contribution in [0.1, 0.15) is 46.9 Å². The van der Waals surface area contributed by atoms with Gasteiger partial charge in [0.15, 0.2) is 0 Å². The van der Waals surface area contributed by atoms with E-state index in [1.807, 2.05) is 31.2 Å². The average molecular weight is 463 g/mol. The number of carbonyl (C=O) groups excluding carboxylic acids is 1. The topological polar surface area (TPSA) is 79.8 Å². The molecule has 148 valence electrons. The highest BCUT2D eigenvalue weighted by Gasteiger charge is 2.20. The Morgan fingerprint density at radius 2 is 1.96 bits per heavy atom. The van der Waals surface area contributed by atoms with Gasteiger partial charge in [-0.1, -0.05) is 41.1 Å². The molecule has 0 aliphatic heterocycles. The Labute approximate surface area is 176 Å². The Morgan fingerprint density at radius 3 is 2.61 bits per heavy atom. The lowest BCUT2D eigenvalue weighted by molar-refractivity contribution is 0.103. The standard InChI is InChI=1S/C20H23BrN4O2S/c1-11(2)5-10-16-12(3)24-25(19(16)27)20-22-13(4)17(28-20)18(26)23-15-8-6-14(21)7-9-15/h6-9,11,24H,5,10H2,1-4H3,(H,23,26). The van der Waals surface area contributed by atoms with Crippen molar-refractivity contribution < 1.29 is 4.79 Å². The van der Waals surface area contributed by atoms with Gasteiger partial charge in [-0.05, 0) is 56.9 Å². The van der Waals surface area contributed by atoms with Crippen molar-refractivity contribution in [3.05, 3.63) is 60.9 Å². The fourth-order valence-corrected chi connectivity index (χ4v) is 4.04. The van der Waals surface area contributed by atoms with Crippen molar-refractivity contribution in [1.29, 1.82) is 0 Å². The van der Waals surface area contributed by atoms with E-state index in [4.69, 9.17) is 0 Å². The van der Waals surface area contributed by atoms with Gasteiger partial charge >= 0.3 is 0 Å². The van der Waals surface area contributed by atoms with Gasteiger partial charge in [0.2, 0.25) is 5.13 Å². The minimum Gasteiger partial charge on any atom is -0.321 e. The maximum Gasteiger partial charge on any atom is 0.276 e. The molecular formula is C20H23BrN4O2S. The number of carbonyl (C=O) groups is 1. The van der Waals surface area contributed by atoms with Crippen molar-refractivity contribution in [3.63, 3.8) is 0 Å². The molecule has 0 atom stereocenters. The molecule has 0 aliphatic carbocycles. The second kappa shape index (κ2) is 8.45. The van der Waals surface area contributed by atoms with E-state index in [1.165, 1.54) is 16.0 Å². The van der Waals surface area contributed by atoms with Crippen LogP contribution in [-0.2, 0) is 6.42 Å². The predicted molar refractivity (Wildman–Crippen MR) is 117 cm³/mol. The lowest BCUT2D eigenvalue weighted by Gasteiger charge is -2.03. The number of aromatic amines is 1. The van der Waals surface area contributed by atoms with Crippen molar-refractivity contribution in [1.82, 2.24) is 14.8 Å². The Balaban J connectivity index is 1.86. The van der Waals surface area contributed by atoms with Crippen LogP contribution in [0.15, 0.2) is 33.5 Å². The lowest BCUT2D eigenvalue weighted by atomic mass is 10.0. The molecule has 0 saturated heterocycles. The highest BCUT2D eigenvalue weighted by Crippen LogP contribution is 2.23. The molecule has 28 heavy (non-hydrogen) atoms. The summed E-state index contributed by atoms with van der Waals surface area (Å²) in [5, 5.41) is 6.45. The number of hydrogen-bond donors (Lipinski definition) is 2. The van der Waals surface area contributed by atoms with Crippen LogP contribution in [0, 0.1) is 19.8 Å². The summed E-state index contributed by atoms with van der Waals surface area (Å²) in [6.07, 6.45) is 1.68. The molecule has 6 nitrogen and oxygen atoms in total. The summed E-state index contributed by atoms with van der Waals surface area (Å²) < 4.78 is 2.38. The Kier molecular flexibility index (Phi) is 6.20. The quantitative estimate of drug-likeness (QED) is 0.549. The third kappa shape index (κ3) is 4.44. The zero-order valence-corrected chi connectivity index (χ0v) is 18.7. The predicted octanol–water partition coefficient (Wildman–Crippen LogP) is 4.84. The number of halogens is 1. The fraction of sp³-hybridized carbons (Fsp3) is 0.350. The van der Waals surface area contributed by atoms with Crippen LogP contribution in [0.3, 0.4) is 0 Å². The molecule has 0 fully saturated rings. The average Bonchev–Trinajstić information content (AvgIpc) is 3.15. The minimum atomic E-state index is -0.236. The zero-order valence-electron chi connectivity index (χ0n) is 16.3. The van der Waals surface area contributed by atoms with Crippen LogP contribution in [0.25, 0.3) is 5.13 Å². The molecule has 3 rings (SSSR count). The van der Waals surface area contributed by atoms with Gasteiger partial charge in [-0.3, -0.25) is 14.7 Å². The van der Waals surface area contributed by atoms with Gasteiger partial charge in [0.25, 0.3) is 11.5 Å². The minimum absolute atomic E-state index is 0.0910. The first-order valence-corrected chi connectivity index (χ1v) is 10.7. The number of nitrogens with one attached hydrogen (secondary N) is 2. The van der Waals surface area contributed by atoms with E-state index in [1.54, 1.807) is 6.92 Å². The second-order valence-electron chi connectivity index (χ2n) is 7.16. The first-order valence-electron chi connectivity index (χ1n) is 9.11. The molecule has 2 aromatic heterocycles. The molecule has 2 heterocycles. The molecule has 0 spiro atoms. The number of nitrogens with zero attached hydrogens (tertiary/aromatic N) is 2. The summed E-state index contributed by atoms with van der Waals surface area (Å²) in [5.41, 5.74) is 2.83. The number of anilines is 1. The van der Waals surface area contributed by atoms with Gasteiger partial charge in [0.05, 0.1) is 5.69 Å². The zero-order chi connectivity index (χ0) is 20.4. The van der Waals surface area contributed by atoms with E-state index in [0.717, 1.165) is 28.6 Å². The summed E-state index contributed by atoms with van der Waals surface area (Å²) in [4.78, 5) is 30.4. The van der Waals surface area contributed by atoms with Crippen LogP contribution >= 0.6 is 27.3 Å². The highest BCUT2D eigenvalue weighted by molar-refractivity contribution is 9.10. The fourth-order valence-electron chi connectivity index (χ4n) is 2.85. The van der Waals surface area contributed by atoms with Gasteiger partial charge in [0.1, 0.15) is 4.88 Å². The molecule has 3 aromatic rings. The Bertz CT molecular complexity index is 1050. The van der Waals surface area contributed by atoms with E-state index < -0.39 is 0 Å². The Hall–Kier alpha value is -2.19. The van der Waals surface area contributed by atoms with Gasteiger partial charge in [0, 0.05) is 21.4 Å². The van der Waals surface area contributed by atoms with E-state index >= 15 is 0 Å². The number of H-pyrrole nitrogens is 1. The van der Waals surface area contributed by atoms with E-state index in [9.17, 15) is 9.59 Å². The van der Waals surface area contributed by atoms with Gasteiger partial charge in [-0.15, -0.1) is 0 Å². The molecule has 0 radical (unpaired) electrons. The maximum absolute atomic E-state index is 12.8. The molecular weight excluding hydrogens is 440 g/mol. The number of amides is 1. The van der Waals surface area contributed by atoms with Crippen molar-refractivity contribution in [3.8, 4) is 5.13 Å². The van der Waals surface area contributed by atoms with Crippen molar-refractivity contribution in [2.24, 2.45) is 5.92 Å². The maximum atomic E-state index is 12.8. The third-order valence-electron chi connectivity index (χ3n) is 4.45. The van der Waals surface area contributed by atoms with Crippen LogP contribution < -0.4 is 10.9 Å². The first kappa shape index (κ1) is 20.5. The summed E-state index contributed by atoms with van der Waals surface area (Å²) in [5.74, 6) is 0.290. The normalized spacial score (nSPS) is 11.2. The number of hydrogen-bond acceptors (Lipinski definition) is 4. The number of aromatic nitrogens is 3. The van der Waals surface area contributed by atoms with Crippen molar-refractivity contribution in [2.75, 3.05) is 5.32 Å². The van der Waals surface area contributed by atoms with Crippen LogP contribution in [0.2, 0.25) is 0 Å². The molecule has 8 heteroatoms. The first-order chi connectivity index (χ1) is 13.3. The van der Waals surface area contributed by atoms with Crippen LogP contribution in [0.4, 0.5) is 5.69 Å². The number of thiazole rings is 1. The van der Waals surface area contributed by atoms with E-state index in [-0.39, 0.29) is 11.5 Å². The SMILES string of the molecule is Cc1nc(-n2[nH]c(C)c(CCC(C)C)c2=O)sc1C(=O)Nc1ccc(Br)cc1. The van der Waals surface area contributed by atoms with Gasteiger partial charge < -0.3 is 5.32 Å². The summed E-state index contributed by atoms with van der Waals surface area (Å²) in [7, 11) is 0. The second-order valence-corrected chi connectivity index (χ2v) is 9.05. The van der Waals surface area contributed by atoms with Crippen LogP contribution in [0.5, 0.6) is 0 Å². The summed E-state index contributed by atoms with van der Waals surface area (Å²) in [6, 6.07) is 7.36. The highest BCUT2D eigenvalue weighted by atomic mass is 79.9. The summed E-state index contributed by atoms with van der Waals surface area (Å²) in [6.45, 7) is 7.95. The molecule has 1 aromatic carbocycles. The molecule has 0 bridgehead atoms. The van der Waals surface area contributed by atoms with E-state index in [2.05, 4.69) is 45.2 Å². The number of aryl methyl sites for hydroxylation is 2. The molecule has 0 aliphatic rings. The molecule has 2 N–H and O–H groups in total. The largest absolute Gasteiger partial charge is 0.321 e. The van der Waals surface area contributed by atoms with Gasteiger partial charge in [-0.2, -0.15) is 4.68 Å². The van der Waals surface area contributed by atoms with E-state index in [0.29, 0.717) is 27.3 Å². The van der Waals surface area contributed by atoms with Crippen LogP contribution in [-0.4, -0.2) is 20.7 Å². The number of rotatable bonds is 6. The molecule has 0 unspecified atom stereocenters. The van der Waals surface area contributed by atoms with Gasteiger partial charge in [-0.25, -0.2) is 4.98 Å². The number of benzene rings is 1. The smallest absolute Gasteiger partial charge is 0.276 e. The lowest BCUT2D eigenvalue weighted by Crippen LogP contribution is -2.17. The summed E-state index contributed by atoms with van der Waals surface area (Å²) >= 11 is 4.58. The monoisotopic (exact) mass is 462 g/mol. The van der Waals surface area contributed by atoms with Crippen molar-refractivity contribution >= 4 is 38.9 Å².